The highest BCUT2D eigenvalue weighted by atomic mass is 32.1. The summed E-state index contributed by atoms with van der Waals surface area (Å²) in [6.07, 6.45) is -0.732. The van der Waals surface area contributed by atoms with Crippen LogP contribution >= 0.6 is 11.3 Å². The third kappa shape index (κ3) is 5.14. The molecule has 31 heavy (non-hydrogen) atoms. The Labute approximate surface area is 187 Å². The van der Waals surface area contributed by atoms with Crippen LogP contribution in [-0.4, -0.2) is 25.1 Å². The summed E-state index contributed by atoms with van der Waals surface area (Å²) in [5.41, 5.74) is 3.27. The lowest BCUT2D eigenvalue weighted by molar-refractivity contribution is -0.122. The summed E-state index contributed by atoms with van der Waals surface area (Å²) in [5, 5.41) is 3.32. The molecule has 3 rings (SSSR count). The van der Waals surface area contributed by atoms with Gasteiger partial charge in [-0.2, -0.15) is 0 Å². The molecule has 1 heterocycles. The average molecular weight is 438 g/mol. The first-order valence-corrected chi connectivity index (χ1v) is 11.0. The molecule has 0 fully saturated rings. The van der Waals surface area contributed by atoms with Gasteiger partial charge < -0.3 is 14.8 Å². The topological polar surface area (TPSA) is 64.6 Å². The lowest BCUT2D eigenvalue weighted by Gasteiger charge is -2.15. The van der Waals surface area contributed by atoms with Crippen LogP contribution in [0, 0.1) is 6.92 Å². The summed E-state index contributed by atoms with van der Waals surface area (Å²) in [6.45, 7) is 7.88. The molecule has 0 bridgehead atoms. The van der Waals surface area contributed by atoms with Crippen LogP contribution in [0.3, 0.4) is 0 Å². The van der Waals surface area contributed by atoms with Crippen molar-refractivity contribution in [2.75, 3.05) is 12.4 Å². The molecular formula is C25H27NO4S. The second-order valence-corrected chi connectivity index (χ2v) is 8.79. The molecule has 0 spiro atoms. The molecule has 0 saturated heterocycles. The van der Waals surface area contributed by atoms with Gasteiger partial charge in [-0.05, 0) is 43.0 Å². The maximum atomic E-state index is 12.8. The number of ether oxygens (including phenoxy) is 2. The van der Waals surface area contributed by atoms with Crippen LogP contribution in [0.5, 0.6) is 5.75 Å². The molecule has 1 aromatic heterocycles. The van der Waals surface area contributed by atoms with Crippen LogP contribution in [0.1, 0.15) is 47.5 Å². The molecule has 0 aliphatic heterocycles. The Kier molecular flexibility index (Phi) is 7.13. The number of esters is 1. The van der Waals surface area contributed by atoms with Gasteiger partial charge in [-0.3, -0.25) is 4.79 Å². The summed E-state index contributed by atoms with van der Waals surface area (Å²) in [6, 6.07) is 17.3. The molecule has 3 aromatic rings. The molecule has 0 saturated carbocycles. The highest BCUT2D eigenvalue weighted by molar-refractivity contribution is 7.17. The van der Waals surface area contributed by atoms with Gasteiger partial charge in [-0.1, -0.05) is 56.3 Å². The Balaban J connectivity index is 1.91. The summed E-state index contributed by atoms with van der Waals surface area (Å²) in [7, 11) is 1.34. The normalized spacial score (nSPS) is 11.8. The van der Waals surface area contributed by atoms with Crippen LogP contribution in [0.4, 0.5) is 5.00 Å². The smallest absolute Gasteiger partial charge is 0.341 e. The molecule has 6 heteroatoms. The summed E-state index contributed by atoms with van der Waals surface area (Å²) in [4.78, 5) is 26.4. The fraction of sp³-hybridized carbons (Fsp3) is 0.280. The summed E-state index contributed by atoms with van der Waals surface area (Å²) < 4.78 is 10.7. The van der Waals surface area contributed by atoms with E-state index in [1.807, 2.05) is 37.3 Å². The van der Waals surface area contributed by atoms with Crippen molar-refractivity contribution < 1.29 is 19.1 Å². The Morgan fingerprint density at radius 3 is 2.19 bits per heavy atom. The van der Waals surface area contributed by atoms with Crippen molar-refractivity contribution in [3.63, 3.8) is 0 Å². The molecule has 0 aliphatic carbocycles. The van der Waals surface area contributed by atoms with Gasteiger partial charge in [0.15, 0.2) is 6.10 Å². The quantitative estimate of drug-likeness (QED) is 0.458. The molecule has 0 radical (unpaired) electrons. The fourth-order valence-corrected chi connectivity index (χ4v) is 4.35. The first-order chi connectivity index (χ1) is 14.8. The van der Waals surface area contributed by atoms with Gasteiger partial charge in [-0.25, -0.2) is 4.79 Å². The number of carbonyl (C=O) groups is 2. The van der Waals surface area contributed by atoms with Gasteiger partial charge in [0, 0.05) is 10.4 Å². The number of aryl methyl sites for hydroxylation is 1. The van der Waals surface area contributed by atoms with E-state index in [9.17, 15) is 9.59 Å². The van der Waals surface area contributed by atoms with Crippen molar-refractivity contribution in [1.29, 1.82) is 0 Å². The molecular weight excluding hydrogens is 410 g/mol. The van der Waals surface area contributed by atoms with Crippen LogP contribution in [0.15, 0.2) is 54.6 Å². The zero-order valence-corrected chi connectivity index (χ0v) is 19.2. The van der Waals surface area contributed by atoms with Gasteiger partial charge >= 0.3 is 5.97 Å². The second kappa shape index (κ2) is 9.79. The zero-order valence-electron chi connectivity index (χ0n) is 18.4. The van der Waals surface area contributed by atoms with E-state index < -0.39 is 12.1 Å². The number of para-hydroxylation sites is 1. The van der Waals surface area contributed by atoms with Crippen LogP contribution < -0.4 is 10.1 Å². The number of amides is 1. The van der Waals surface area contributed by atoms with E-state index >= 15 is 0 Å². The van der Waals surface area contributed by atoms with Gasteiger partial charge in [0.25, 0.3) is 5.91 Å². The number of anilines is 1. The van der Waals surface area contributed by atoms with Crippen LogP contribution in [0.25, 0.3) is 11.1 Å². The molecule has 0 aliphatic rings. The maximum absolute atomic E-state index is 12.8. The standard InChI is InChI=1S/C25H27NO4S/c1-15(2)18-11-13-19(14-12-18)21-17(4)31-24(22(21)25(28)29-5)26-23(27)16(3)30-20-9-7-6-8-10-20/h6-16H,1-5H3,(H,26,27)/t16-/m1/s1. The largest absolute Gasteiger partial charge is 0.481 e. The minimum Gasteiger partial charge on any atom is -0.481 e. The number of rotatable bonds is 7. The third-order valence-electron chi connectivity index (χ3n) is 5.00. The number of nitrogens with one attached hydrogen (secondary N) is 1. The third-order valence-corrected chi connectivity index (χ3v) is 6.02. The number of hydrogen-bond donors (Lipinski definition) is 1. The second-order valence-electron chi connectivity index (χ2n) is 7.57. The molecule has 162 valence electrons. The zero-order chi connectivity index (χ0) is 22.5. The molecule has 1 amide bonds. The van der Waals surface area contributed by atoms with Gasteiger partial charge in [0.1, 0.15) is 16.3 Å². The number of methoxy groups -OCH3 is 1. The molecule has 1 atom stereocenters. The summed E-state index contributed by atoms with van der Waals surface area (Å²) in [5.74, 6) is 0.196. The molecule has 5 nitrogen and oxygen atoms in total. The van der Waals surface area contributed by atoms with E-state index in [1.54, 1.807) is 19.1 Å². The molecule has 1 N–H and O–H groups in total. The van der Waals surface area contributed by atoms with Gasteiger partial charge in [0.05, 0.1) is 7.11 Å². The van der Waals surface area contributed by atoms with Crippen LogP contribution in [0.2, 0.25) is 0 Å². The van der Waals surface area contributed by atoms with Gasteiger partial charge in [-0.15, -0.1) is 11.3 Å². The first kappa shape index (κ1) is 22.6. The van der Waals surface area contributed by atoms with Crippen LogP contribution in [-0.2, 0) is 9.53 Å². The Morgan fingerprint density at radius 1 is 0.968 bits per heavy atom. The SMILES string of the molecule is COC(=O)c1c(NC(=O)[C@@H](C)Oc2ccccc2)sc(C)c1-c1ccc(C(C)C)cc1. The van der Waals surface area contributed by atoms with Crippen molar-refractivity contribution in [1.82, 2.24) is 0 Å². The number of carbonyl (C=O) groups excluding carboxylic acids is 2. The molecule has 0 unspecified atom stereocenters. The fourth-order valence-electron chi connectivity index (χ4n) is 3.28. The van der Waals surface area contributed by atoms with E-state index in [1.165, 1.54) is 24.0 Å². The minimum absolute atomic E-state index is 0.336. The first-order valence-electron chi connectivity index (χ1n) is 10.2. The molecule has 2 aromatic carbocycles. The van der Waals surface area contributed by atoms with E-state index in [-0.39, 0.29) is 5.91 Å². The predicted molar refractivity (Wildman–Crippen MR) is 125 cm³/mol. The van der Waals surface area contributed by atoms with Crippen molar-refractivity contribution in [3.05, 3.63) is 70.6 Å². The van der Waals surface area contributed by atoms with Crippen molar-refractivity contribution >= 4 is 28.2 Å². The summed E-state index contributed by atoms with van der Waals surface area (Å²) >= 11 is 1.35. The Hall–Kier alpha value is -3.12. The maximum Gasteiger partial charge on any atom is 0.341 e. The van der Waals surface area contributed by atoms with Crippen molar-refractivity contribution in [2.45, 2.75) is 39.7 Å². The highest BCUT2D eigenvalue weighted by Crippen LogP contribution is 2.40. The lowest BCUT2D eigenvalue weighted by atomic mass is 9.97. The minimum atomic E-state index is -0.732. The van der Waals surface area contributed by atoms with Gasteiger partial charge in [0.2, 0.25) is 0 Å². The highest BCUT2D eigenvalue weighted by Gasteiger charge is 2.26. The Morgan fingerprint density at radius 2 is 1.61 bits per heavy atom. The van der Waals surface area contributed by atoms with E-state index in [2.05, 4.69) is 31.3 Å². The average Bonchev–Trinajstić information content (AvgIpc) is 3.09. The van der Waals surface area contributed by atoms with E-state index in [0.717, 1.165) is 16.0 Å². The lowest BCUT2D eigenvalue weighted by Crippen LogP contribution is -2.30. The Bertz CT molecular complexity index is 1060. The number of thiophene rings is 1. The predicted octanol–water partition coefficient (Wildman–Crippen LogP) is 6.04. The van der Waals surface area contributed by atoms with E-state index in [0.29, 0.717) is 22.2 Å². The van der Waals surface area contributed by atoms with Crippen molar-refractivity contribution in [3.8, 4) is 16.9 Å². The van der Waals surface area contributed by atoms with E-state index in [4.69, 9.17) is 9.47 Å². The number of hydrogen-bond acceptors (Lipinski definition) is 5. The monoisotopic (exact) mass is 437 g/mol. The number of benzene rings is 2. The van der Waals surface area contributed by atoms with Crippen molar-refractivity contribution in [2.24, 2.45) is 0 Å².